The van der Waals surface area contributed by atoms with Crippen LogP contribution < -0.4 is 24.8 Å². The van der Waals surface area contributed by atoms with Crippen molar-refractivity contribution in [2.45, 2.75) is 18.9 Å². The van der Waals surface area contributed by atoms with E-state index in [9.17, 15) is 4.79 Å². The zero-order chi connectivity index (χ0) is 22.9. The van der Waals surface area contributed by atoms with Gasteiger partial charge in [0, 0.05) is 32.6 Å². The Morgan fingerprint density at radius 3 is 2.64 bits per heavy atom. The Balaban J connectivity index is 0.00000385. The summed E-state index contributed by atoms with van der Waals surface area (Å²) in [5, 5.41) is 6.84. The van der Waals surface area contributed by atoms with Gasteiger partial charge in [-0.3, -0.25) is 4.79 Å². The number of likely N-dealkylation sites (N-methyl/N-ethyl adjacent to an activating group) is 1. The van der Waals surface area contributed by atoms with Crippen molar-refractivity contribution in [1.82, 2.24) is 15.5 Å². The third-order valence-corrected chi connectivity index (χ3v) is 5.29. The lowest BCUT2D eigenvalue weighted by molar-refractivity contribution is -0.127. The summed E-state index contributed by atoms with van der Waals surface area (Å²) in [5.74, 6) is 2.83. The second kappa shape index (κ2) is 13.1. The predicted molar refractivity (Wildman–Crippen MR) is 140 cm³/mol. The summed E-state index contributed by atoms with van der Waals surface area (Å²) in [5.41, 5.74) is 2.20. The Bertz CT molecular complexity index is 952. The van der Waals surface area contributed by atoms with Crippen LogP contribution in [-0.2, 0) is 11.2 Å². The van der Waals surface area contributed by atoms with Crippen molar-refractivity contribution in [1.29, 1.82) is 0 Å². The molecule has 180 valence electrons. The number of halogens is 1. The number of carbonyl (C=O) groups is 1. The van der Waals surface area contributed by atoms with Crippen LogP contribution in [0.2, 0.25) is 0 Å². The summed E-state index contributed by atoms with van der Waals surface area (Å²) in [6.07, 6.45) is 1.57. The van der Waals surface area contributed by atoms with Crippen LogP contribution in [0.25, 0.3) is 0 Å². The molecule has 1 unspecified atom stereocenters. The second-order valence-electron chi connectivity index (χ2n) is 7.69. The smallest absolute Gasteiger partial charge is 0.243 e. The number of amides is 1. The molecule has 2 aromatic carbocycles. The van der Waals surface area contributed by atoms with Gasteiger partial charge in [-0.2, -0.15) is 0 Å². The van der Waals surface area contributed by atoms with Gasteiger partial charge >= 0.3 is 0 Å². The van der Waals surface area contributed by atoms with E-state index in [0.717, 1.165) is 29.7 Å². The fourth-order valence-electron chi connectivity index (χ4n) is 3.46. The number of hydrogen-bond donors (Lipinski definition) is 2. The number of aliphatic imine (C=N–C) groups is 1. The van der Waals surface area contributed by atoms with Gasteiger partial charge in [0.25, 0.3) is 0 Å². The first-order valence-electron chi connectivity index (χ1n) is 10.7. The van der Waals surface area contributed by atoms with Crippen LogP contribution in [0.4, 0.5) is 0 Å². The number of rotatable bonds is 8. The van der Waals surface area contributed by atoms with Gasteiger partial charge in [-0.25, -0.2) is 4.99 Å². The van der Waals surface area contributed by atoms with Gasteiger partial charge in [0.05, 0.1) is 26.9 Å². The molecule has 0 bridgehead atoms. The fourth-order valence-corrected chi connectivity index (χ4v) is 3.46. The number of ether oxygens (including phenoxy) is 3. The molecule has 0 saturated heterocycles. The Kier molecular flexibility index (Phi) is 10.6. The molecule has 1 amide bonds. The van der Waals surface area contributed by atoms with Crippen molar-refractivity contribution in [3.05, 3.63) is 53.6 Å². The van der Waals surface area contributed by atoms with E-state index in [0.29, 0.717) is 30.6 Å². The summed E-state index contributed by atoms with van der Waals surface area (Å²) >= 11 is 0. The summed E-state index contributed by atoms with van der Waals surface area (Å²) in [6.45, 7) is 1.34. The maximum absolute atomic E-state index is 12.1. The van der Waals surface area contributed by atoms with Crippen LogP contribution in [-0.4, -0.2) is 64.8 Å². The third-order valence-electron chi connectivity index (χ3n) is 5.29. The fraction of sp³-hybridized carbons (Fsp3) is 0.417. The van der Waals surface area contributed by atoms with Crippen LogP contribution in [0.3, 0.4) is 0 Å². The van der Waals surface area contributed by atoms with Gasteiger partial charge in [-0.1, -0.05) is 24.3 Å². The molecule has 2 N–H and O–H groups in total. The number of fused-ring (bicyclic) bond motifs is 1. The average Bonchev–Trinajstić information content (AvgIpc) is 2.82. The van der Waals surface area contributed by atoms with Crippen LogP contribution in [0, 0.1) is 0 Å². The molecule has 3 rings (SSSR count). The van der Waals surface area contributed by atoms with Gasteiger partial charge < -0.3 is 29.7 Å². The SMILES string of the molecule is COc1ccc(CCNC(=NCC(=O)N(C)C)NC2CCOc3ccccc32)cc1OC.I. The van der Waals surface area contributed by atoms with Crippen molar-refractivity contribution >= 4 is 35.8 Å². The predicted octanol–water partition coefficient (Wildman–Crippen LogP) is 3.01. The van der Waals surface area contributed by atoms with Crippen LogP contribution in [0.1, 0.15) is 23.6 Å². The number of guanidine groups is 1. The molecule has 33 heavy (non-hydrogen) atoms. The lowest BCUT2D eigenvalue weighted by Crippen LogP contribution is -2.42. The topological polar surface area (TPSA) is 84.4 Å². The zero-order valence-corrected chi connectivity index (χ0v) is 21.9. The molecule has 0 aromatic heterocycles. The highest BCUT2D eigenvalue weighted by Crippen LogP contribution is 2.31. The third kappa shape index (κ3) is 7.41. The summed E-state index contributed by atoms with van der Waals surface area (Å²) in [6, 6.07) is 13.9. The van der Waals surface area contributed by atoms with E-state index >= 15 is 0 Å². The van der Waals surface area contributed by atoms with E-state index < -0.39 is 0 Å². The molecule has 0 spiro atoms. The molecule has 8 nitrogen and oxygen atoms in total. The maximum Gasteiger partial charge on any atom is 0.243 e. The van der Waals surface area contributed by atoms with Gasteiger partial charge in [-0.05, 0) is 30.2 Å². The summed E-state index contributed by atoms with van der Waals surface area (Å²) in [7, 11) is 6.70. The van der Waals surface area contributed by atoms with Crippen molar-refractivity contribution < 1.29 is 19.0 Å². The van der Waals surface area contributed by atoms with Crippen LogP contribution in [0.5, 0.6) is 17.2 Å². The van der Waals surface area contributed by atoms with Gasteiger partial charge in [0.2, 0.25) is 5.91 Å². The number of hydrogen-bond acceptors (Lipinski definition) is 5. The van der Waals surface area contributed by atoms with E-state index in [1.165, 1.54) is 4.90 Å². The highest BCUT2D eigenvalue weighted by molar-refractivity contribution is 14.0. The Morgan fingerprint density at radius 2 is 1.91 bits per heavy atom. The van der Waals surface area contributed by atoms with Crippen molar-refractivity contribution in [2.24, 2.45) is 4.99 Å². The van der Waals surface area contributed by atoms with E-state index in [1.807, 2.05) is 36.4 Å². The number of methoxy groups -OCH3 is 2. The Labute approximate surface area is 212 Å². The molecular weight excluding hydrogens is 535 g/mol. The second-order valence-corrected chi connectivity index (χ2v) is 7.69. The zero-order valence-electron chi connectivity index (χ0n) is 19.6. The maximum atomic E-state index is 12.1. The first-order valence-corrected chi connectivity index (χ1v) is 10.7. The molecule has 0 radical (unpaired) electrons. The minimum atomic E-state index is -0.0571. The van der Waals surface area contributed by atoms with E-state index in [-0.39, 0.29) is 42.5 Å². The number of nitrogens with zero attached hydrogens (tertiary/aromatic N) is 2. The normalized spacial score (nSPS) is 14.8. The lowest BCUT2D eigenvalue weighted by Gasteiger charge is -2.28. The van der Waals surface area contributed by atoms with Crippen LogP contribution in [0.15, 0.2) is 47.5 Å². The Hall–Kier alpha value is -2.69. The highest BCUT2D eigenvalue weighted by Gasteiger charge is 2.22. The molecule has 0 fully saturated rings. The standard InChI is InChI=1S/C24H32N4O4.HI/c1-28(2)23(29)16-26-24(27-19-12-14-32-20-8-6-5-7-18(19)20)25-13-11-17-9-10-21(30-3)22(15-17)31-4;/h5-10,15,19H,11-14,16H2,1-4H3,(H2,25,26,27);1H. The average molecular weight is 568 g/mol. The highest BCUT2D eigenvalue weighted by atomic mass is 127. The van der Waals surface area contributed by atoms with E-state index in [2.05, 4.69) is 21.7 Å². The summed E-state index contributed by atoms with van der Waals surface area (Å²) in [4.78, 5) is 18.1. The molecule has 1 aliphatic heterocycles. The molecule has 9 heteroatoms. The number of carbonyl (C=O) groups excluding carboxylic acids is 1. The molecule has 1 heterocycles. The van der Waals surface area contributed by atoms with Crippen molar-refractivity contribution in [2.75, 3.05) is 48.0 Å². The van der Waals surface area contributed by atoms with E-state index in [4.69, 9.17) is 14.2 Å². The molecule has 1 aliphatic rings. The molecular formula is C24H33IN4O4. The molecule has 0 saturated carbocycles. The van der Waals surface area contributed by atoms with Gasteiger partial charge in [0.1, 0.15) is 12.3 Å². The summed E-state index contributed by atoms with van der Waals surface area (Å²) < 4.78 is 16.5. The quantitative estimate of drug-likeness (QED) is 0.290. The van der Waals surface area contributed by atoms with Gasteiger partial charge in [0.15, 0.2) is 17.5 Å². The number of nitrogens with one attached hydrogen (secondary N) is 2. The molecule has 2 aromatic rings. The van der Waals surface area contributed by atoms with Crippen molar-refractivity contribution in [3.8, 4) is 17.2 Å². The minimum absolute atomic E-state index is 0. The minimum Gasteiger partial charge on any atom is -0.493 e. The van der Waals surface area contributed by atoms with E-state index in [1.54, 1.807) is 28.3 Å². The monoisotopic (exact) mass is 568 g/mol. The van der Waals surface area contributed by atoms with Gasteiger partial charge in [-0.15, -0.1) is 24.0 Å². The largest absolute Gasteiger partial charge is 0.493 e. The number of para-hydroxylation sites is 1. The molecule has 0 aliphatic carbocycles. The Morgan fingerprint density at radius 1 is 1.15 bits per heavy atom. The lowest BCUT2D eigenvalue weighted by atomic mass is 10.0. The molecule has 1 atom stereocenters. The first kappa shape index (κ1) is 26.6. The number of benzene rings is 2. The first-order chi connectivity index (χ1) is 15.5. The van der Waals surface area contributed by atoms with Crippen molar-refractivity contribution in [3.63, 3.8) is 0 Å². The van der Waals surface area contributed by atoms with Crippen LogP contribution >= 0.6 is 24.0 Å².